The minimum atomic E-state index is -3.35. The zero-order chi connectivity index (χ0) is 17.0. The Labute approximate surface area is 148 Å². The van der Waals surface area contributed by atoms with Gasteiger partial charge in [0.2, 0.25) is 10.0 Å². The molecular weight excluding hydrogens is 340 g/mol. The molecule has 1 N–H and O–H groups in total. The normalized spacial score (nSPS) is 16.4. The van der Waals surface area contributed by atoms with Crippen molar-refractivity contribution in [2.75, 3.05) is 0 Å². The maximum atomic E-state index is 12.3. The van der Waals surface area contributed by atoms with Gasteiger partial charge in [-0.25, -0.2) is 18.1 Å². The van der Waals surface area contributed by atoms with Gasteiger partial charge in [0.1, 0.15) is 5.01 Å². The predicted molar refractivity (Wildman–Crippen MR) is 98.6 cm³/mol. The van der Waals surface area contributed by atoms with E-state index in [1.807, 2.05) is 31.2 Å². The molecule has 1 saturated carbocycles. The number of aryl methyl sites for hydroxylation is 1. The molecule has 1 fully saturated rings. The lowest BCUT2D eigenvalue weighted by Crippen LogP contribution is -2.24. The molecule has 1 aliphatic carbocycles. The monoisotopic (exact) mass is 364 g/mol. The lowest BCUT2D eigenvalue weighted by atomic mass is 9.87. The van der Waals surface area contributed by atoms with Crippen LogP contribution in [0.3, 0.4) is 0 Å². The highest BCUT2D eigenvalue weighted by Crippen LogP contribution is 2.33. The highest BCUT2D eigenvalue weighted by molar-refractivity contribution is 7.88. The second kappa shape index (κ2) is 7.76. The molecule has 0 unspecified atom stereocenters. The number of aromatic nitrogens is 1. The van der Waals surface area contributed by atoms with Gasteiger partial charge in [-0.1, -0.05) is 49.1 Å². The van der Waals surface area contributed by atoms with Crippen LogP contribution in [0.4, 0.5) is 0 Å². The molecule has 130 valence electrons. The minimum absolute atomic E-state index is 0.00946. The third-order valence-electron chi connectivity index (χ3n) is 4.48. The molecule has 3 rings (SSSR count). The van der Waals surface area contributed by atoms with Crippen LogP contribution in [-0.4, -0.2) is 13.4 Å². The fraction of sp³-hybridized carbons (Fsp3) is 0.500. The number of thiazole rings is 1. The van der Waals surface area contributed by atoms with Crippen molar-refractivity contribution in [2.45, 2.75) is 57.2 Å². The lowest BCUT2D eigenvalue weighted by Gasteiger charge is -2.19. The quantitative estimate of drug-likeness (QED) is 0.839. The van der Waals surface area contributed by atoms with Crippen LogP contribution in [0.2, 0.25) is 0 Å². The summed E-state index contributed by atoms with van der Waals surface area (Å²) in [6.45, 7) is 2.25. The van der Waals surface area contributed by atoms with Crippen molar-refractivity contribution in [1.29, 1.82) is 0 Å². The van der Waals surface area contributed by atoms with Gasteiger partial charge in [-0.05, 0) is 25.3 Å². The SMILES string of the molecule is Cc1cccc(CS(=O)(=O)NCc2nc(C3CCCCC3)cs2)c1. The first-order valence-corrected chi connectivity index (χ1v) is 11.0. The van der Waals surface area contributed by atoms with Gasteiger partial charge >= 0.3 is 0 Å². The van der Waals surface area contributed by atoms with Crippen molar-refractivity contribution in [3.8, 4) is 0 Å². The molecule has 0 aliphatic heterocycles. The van der Waals surface area contributed by atoms with Crippen LogP contribution >= 0.6 is 11.3 Å². The molecule has 0 atom stereocenters. The highest BCUT2D eigenvalue weighted by Gasteiger charge is 2.19. The predicted octanol–water partition coefficient (Wildman–Crippen LogP) is 4.12. The van der Waals surface area contributed by atoms with E-state index < -0.39 is 10.0 Å². The van der Waals surface area contributed by atoms with Crippen molar-refractivity contribution in [2.24, 2.45) is 0 Å². The number of hydrogen-bond donors (Lipinski definition) is 1. The van der Waals surface area contributed by atoms with E-state index in [1.165, 1.54) is 32.1 Å². The fourth-order valence-electron chi connectivity index (χ4n) is 3.24. The number of nitrogens with zero attached hydrogens (tertiary/aromatic N) is 1. The minimum Gasteiger partial charge on any atom is -0.245 e. The third-order valence-corrected chi connectivity index (χ3v) is 6.64. The molecular formula is C18H24N2O2S2. The average molecular weight is 365 g/mol. The van der Waals surface area contributed by atoms with Crippen LogP contribution in [0.5, 0.6) is 0 Å². The lowest BCUT2D eigenvalue weighted by molar-refractivity contribution is 0.437. The molecule has 1 heterocycles. The second-order valence-electron chi connectivity index (χ2n) is 6.57. The van der Waals surface area contributed by atoms with E-state index in [9.17, 15) is 8.42 Å². The third kappa shape index (κ3) is 4.88. The first kappa shape index (κ1) is 17.6. The van der Waals surface area contributed by atoms with E-state index in [4.69, 9.17) is 0 Å². The Morgan fingerprint density at radius 3 is 2.79 bits per heavy atom. The summed E-state index contributed by atoms with van der Waals surface area (Å²) >= 11 is 1.55. The van der Waals surface area contributed by atoms with Crippen molar-refractivity contribution >= 4 is 21.4 Å². The molecule has 0 spiro atoms. The van der Waals surface area contributed by atoms with Gasteiger partial charge < -0.3 is 0 Å². The summed E-state index contributed by atoms with van der Waals surface area (Å²) in [5, 5.41) is 2.95. The van der Waals surface area contributed by atoms with Crippen LogP contribution in [0.25, 0.3) is 0 Å². The molecule has 1 aliphatic rings. The second-order valence-corrected chi connectivity index (χ2v) is 9.32. The average Bonchev–Trinajstić information content (AvgIpc) is 3.03. The Morgan fingerprint density at radius 2 is 2.04 bits per heavy atom. The van der Waals surface area contributed by atoms with Gasteiger partial charge in [-0.15, -0.1) is 11.3 Å². The summed E-state index contributed by atoms with van der Waals surface area (Å²) in [7, 11) is -3.35. The van der Waals surface area contributed by atoms with E-state index in [0.717, 1.165) is 21.8 Å². The van der Waals surface area contributed by atoms with Gasteiger partial charge in [0.05, 0.1) is 18.0 Å². The van der Waals surface area contributed by atoms with Crippen LogP contribution in [-0.2, 0) is 22.3 Å². The molecule has 6 heteroatoms. The number of rotatable bonds is 6. The van der Waals surface area contributed by atoms with Gasteiger partial charge in [-0.3, -0.25) is 0 Å². The molecule has 4 nitrogen and oxygen atoms in total. The molecule has 0 amide bonds. The summed E-state index contributed by atoms with van der Waals surface area (Å²) in [6, 6.07) is 7.60. The molecule has 0 bridgehead atoms. The van der Waals surface area contributed by atoms with Gasteiger partial charge in [0, 0.05) is 11.3 Å². The van der Waals surface area contributed by atoms with E-state index in [0.29, 0.717) is 5.92 Å². The number of hydrogen-bond acceptors (Lipinski definition) is 4. The molecule has 0 saturated heterocycles. The Bertz CT molecular complexity index is 778. The Hall–Kier alpha value is -1.24. The van der Waals surface area contributed by atoms with Crippen LogP contribution in [0.1, 0.15) is 59.9 Å². The summed E-state index contributed by atoms with van der Waals surface area (Å²) < 4.78 is 27.2. The zero-order valence-electron chi connectivity index (χ0n) is 14.0. The topological polar surface area (TPSA) is 59.1 Å². The van der Waals surface area contributed by atoms with Crippen molar-refractivity contribution in [3.63, 3.8) is 0 Å². The Kier molecular flexibility index (Phi) is 5.69. The van der Waals surface area contributed by atoms with Crippen LogP contribution in [0, 0.1) is 6.92 Å². The Balaban J connectivity index is 1.57. The van der Waals surface area contributed by atoms with Crippen LogP contribution in [0.15, 0.2) is 29.6 Å². The van der Waals surface area contributed by atoms with E-state index >= 15 is 0 Å². The summed E-state index contributed by atoms with van der Waals surface area (Å²) in [5.41, 5.74) is 3.02. The van der Waals surface area contributed by atoms with Gasteiger partial charge in [-0.2, -0.15) is 0 Å². The smallest absolute Gasteiger partial charge is 0.216 e. The molecule has 24 heavy (non-hydrogen) atoms. The first-order valence-electron chi connectivity index (χ1n) is 8.49. The summed E-state index contributed by atoms with van der Waals surface area (Å²) in [6.07, 6.45) is 6.30. The summed E-state index contributed by atoms with van der Waals surface area (Å²) in [5.74, 6) is 0.572. The van der Waals surface area contributed by atoms with E-state index in [2.05, 4.69) is 15.1 Å². The zero-order valence-corrected chi connectivity index (χ0v) is 15.6. The maximum Gasteiger partial charge on any atom is 0.216 e. The summed E-state index contributed by atoms with van der Waals surface area (Å²) in [4.78, 5) is 4.65. The van der Waals surface area contributed by atoms with E-state index in [1.54, 1.807) is 11.3 Å². The first-order chi connectivity index (χ1) is 11.5. The van der Waals surface area contributed by atoms with Crippen molar-refractivity contribution in [3.05, 3.63) is 51.5 Å². The number of benzene rings is 1. The highest BCUT2D eigenvalue weighted by atomic mass is 32.2. The van der Waals surface area contributed by atoms with Gasteiger partial charge in [0.15, 0.2) is 0 Å². The largest absolute Gasteiger partial charge is 0.245 e. The number of sulfonamides is 1. The maximum absolute atomic E-state index is 12.3. The van der Waals surface area contributed by atoms with Crippen LogP contribution < -0.4 is 4.72 Å². The molecule has 2 aromatic rings. The molecule has 1 aromatic carbocycles. The standard InChI is InChI=1S/C18H24N2O2S2/c1-14-6-5-7-15(10-14)13-24(21,22)19-11-18-20-17(12-23-18)16-8-3-2-4-9-16/h5-7,10,12,16,19H,2-4,8-9,11,13H2,1H3. The fourth-order valence-corrected chi connectivity index (χ4v) is 5.22. The molecule has 0 radical (unpaired) electrons. The van der Waals surface area contributed by atoms with Crippen molar-refractivity contribution in [1.82, 2.24) is 9.71 Å². The van der Waals surface area contributed by atoms with Gasteiger partial charge in [0.25, 0.3) is 0 Å². The molecule has 1 aromatic heterocycles. The number of nitrogens with one attached hydrogen (secondary N) is 1. The van der Waals surface area contributed by atoms with Crippen molar-refractivity contribution < 1.29 is 8.42 Å². The van der Waals surface area contributed by atoms with E-state index in [-0.39, 0.29) is 12.3 Å². The Morgan fingerprint density at radius 1 is 1.25 bits per heavy atom.